The Labute approximate surface area is 156 Å². The number of nitrogens with one attached hydrogen (secondary N) is 1. The van der Waals surface area contributed by atoms with Crippen molar-refractivity contribution in [3.63, 3.8) is 0 Å². The Morgan fingerprint density at radius 3 is 2.33 bits per heavy atom. The Morgan fingerprint density at radius 2 is 1.70 bits per heavy atom. The molecular weight excluding hydrogens is 349 g/mol. The van der Waals surface area contributed by atoms with Crippen molar-refractivity contribution in [1.82, 2.24) is 5.32 Å². The summed E-state index contributed by atoms with van der Waals surface area (Å²) in [4.78, 5) is 35.5. The van der Waals surface area contributed by atoms with Crippen molar-refractivity contribution in [3.8, 4) is 0 Å². The van der Waals surface area contributed by atoms with Crippen LogP contribution in [0.5, 0.6) is 0 Å². The lowest BCUT2D eigenvalue weighted by Crippen LogP contribution is -2.26. The van der Waals surface area contributed by atoms with Crippen LogP contribution >= 0.6 is 0 Å². The fraction of sp³-hybridized carbons (Fsp3) is 0.190. The van der Waals surface area contributed by atoms with Gasteiger partial charge in [-0.1, -0.05) is 30.3 Å². The van der Waals surface area contributed by atoms with Gasteiger partial charge in [-0.25, -0.2) is 9.18 Å². The molecule has 2 aromatic carbocycles. The summed E-state index contributed by atoms with van der Waals surface area (Å²) < 4.78 is 18.0. The van der Waals surface area contributed by atoms with Crippen LogP contribution in [0.1, 0.15) is 35.7 Å². The first-order valence-corrected chi connectivity index (χ1v) is 8.46. The van der Waals surface area contributed by atoms with Crippen LogP contribution < -0.4 is 5.32 Å². The third kappa shape index (κ3) is 6.86. The maximum absolute atomic E-state index is 12.9. The molecule has 0 heterocycles. The summed E-state index contributed by atoms with van der Waals surface area (Å²) in [7, 11) is 0. The third-order valence-electron chi connectivity index (χ3n) is 3.59. The van der Waals surface area contributed by atoms with Gasteiger partial charge in [-0.05, 0) is 42.3 Å². The van der Waals surface area contributed by atoms with Crippen molar-refractivity contribution in [3.05, 3.63) is 77.2 Å². The zero-order chi connectivity index (χ0) is 19.6. The van der Waals surface area contributed by atoms with Crippen molar-refractivity contribution in [2.45, 2.75) is 19.8 Å². The molecule has 1 N–H and O–H groups in total. The highest BCUT2D eigenvalue weighted by Crippen LogP contribution is 2.09. The molecule has 27 heavy (non-hydrogen) atoms. The predicted molar refractivity (Wildman–Crippen MR) is 99.2 cm³/mol. The SMILES string of the molecule is CC(=O)NC(=Cc1ccccc1)C(=O)OCCCC(=O)c1ccc(F)cc1. The van der Waals surface area contributed by atoms with E-state index in [1.807, 2.05) is 18.2 Å². The fourth-order valence-corrected chi connectivity index (χ4v) is 2.31. The van der Waals surface area contributed by atoms with E-state index in [0.29, 0.717) is 12.0 Å². The average Bonchev–Trinajstić information content (AvgIpc) is 2.65. The van der Waals surface area contributed by atoms with E-state index in [2.05, 4.69) is 5.32 Å². The van der Waals surface area contributed by atoms with Gasteiger partial charge in [0.2, 0.25) is 5.91 Å². The number of hydrogen-bond acceptors (Lipinski definition) is 4. The van der Waals surface area contributed by atoms with Gasteiger partial charge in [0.1, 0.15) is 11.5 Å². The minimum Gasteiger partial charge on any atom is -0.461 e. The lowest BCUT2D eigenvalue weighted by atomic mass is 10.1. The molecule has 0 aliphatic rings. The molecule has 0 aliphatic heterocycles. The Balaban J connectivity index is 1.88. The van der Waals surface area contributed by atoms with E-state index in [9.17, 15) is 18.8 Å². The number of esters is 1. The normalized spacial score (nSPS) is 11.0. The second-order valence-corrected chi connectivity index (χ2v) is 5.82. The van der Waals surface area contributed by atoms with Gasteiger partial charge in [0, 0.05) is 18.9 Å². The quantitative estimate of drug-likeness (QED) is 0.334. The number of Topliss-reactive ketones (excluding diaryl/α,β-unsaturated/α-hetero) is 1. The molecule has 2 aromatic rings. The van der Waals surface area contributed by atoms with Crippen molar-refractivity contribution in [1.29, 1.82) is 0 Å². The molecule has 1 amide bonds. The van der Waals surface area contributed by atoms with Crippen molar-refractivity contribution < 1.29 is 23.5 Å². The highest BCUT2D eigenvalue weighted by molar-refractivity contribution is 5.97. The van der Waals surface area contributed by atoms with Crippen LogP contribution in [-0.4, -0.2) is 24.3 Å². The van der Waals surface area contributed by atoms with Crippen LogP contribution in [0.25, 0.3) is 6.08 Å². The number of ketones is 1. The smallest absolute Gasteiger partial charge is 0.354 e. The monoisotopic (exact) mass is 369 g/mol. The fourth-order valence-electron chi connectivity index (χ4n) is 2.31. The molecule has 0 spiro atoms. The molecule has 5 nitrogen and oxygen atoms in total. The highest BCUT2D eigenvalue weighted by Gasteiger charge is 2.13. The number of rotatable bonds is 8. The maximum atomic E-state index is 12.9. The van der Waals surface area contributed by atoms with E-state index in [0.717, 1.165) is 5.56 Å². The number of benzene rings is 2. The summed E-state index contributed by atoms with van der Waals surface area (Å²) in [5.41, 5.74) is 1.17. The van der Waals surface area contributed by atoms with Crippen molar-refractivity contribution in [2.75, 3.05) is 6.61 Å². The van der Waals surface area contributed by atoms with Gasteiger partial charge in [0.05, 0.1) is 6.61 Å². The second-order valence-electron chi connectivity index (χ2n) is 5.82. The lowest BCUT2D eigenvalue weighted by Gasteiger charge is -2.09. The van der Waals surface area contributed by atoms with Crippen LogP contribution in [-0.2, 0) is 14.3 Å². The van der Waals surface area contributed by atoms with Gasteiger partial charge >= 0.3 is 5.97 Å². The summed E-state index contributed by atoms with van der Waals surface area (Å²) in [6.45, 7) is 1.32. The first-order chi connectivity index (χ1) is 13.0. The highest BCUT2D eigenvalue weighted by atomic mass is 19.1. The minimum absolute atomic E-state index is 0.0253. The number of amides is 1. The summed E-state index contributed by atoms with van der Waals surface area (Å²) in [6, 6.07) is 14.3. The molecular formula is C21H20FNO4. The summed E-state index contributed by atoms with van der Waals surface area (Å²) in [5.74, 6) is -1.63. The third-order valence-corrected chi connectivity index (χ3v) is 3.59. The molecule has 0 bridgehead atoms. The lowest BCUT2D eigenvalue weighted by molar-refractivity contribution is -0.140. The van der Waals surface area contributed by atoms with Gasteiger partial charge in [0.25, 0.3) is 0 Å². The molecule has 0 saturated carbocycles. The van der Waals surface area contributed by atoms with E-state index >= 15 is 0 Å². The van der Waals surface area contributed by atoms with Gasteiger partial charge < -0.3 is 10.1 Å². The topological polar surface area (TPSA) is 72.5 Å². The van der Waals surface area contributed by atoms with Crippen molar-refractivity contribution >= 4 is 23.7 Å². The Kier molecular flexibility index (Phi) is 7.43. The molecule has 0 saturated heterocycles. The Bertz CT molecular complexity index is 829. The summed E-state index contributed by atoms with van der Waals surface area (Å²) in [6.07, 6.45) is 2.00. The Morgan fingerprint density at radius 1 is 1.04 bits per heavy atom. The van der Waals surface area contributed by atoms with Crippen LogP contribution in [0.4, 0.5) is 4.39 Å². The van der Waals surface area contributed by atoms with Crippen LogP contribution in [0.3, 0.4) is 0 Å². The molecule has 0 radical (unpaired) electrons. The average molecular weight is 369 g/mol. The second kappa shape index (κ2) is 10.0. The molecule has 0 fully saturated rings. The molecule has 0 aliphatic carbocycles. The zero-order valence-corrected chi connectivity index (χ0v) is 14.9. The zero-order valence-electron chi connectivity index (χ0n) is 14.9. The van der Waals surface area contributed by atoms with Crippen LogP contribution in [0, 0.1) is 5.82 Å². The number of hydrogen-bond donors (Lipinski definition) is 1. The molecule has 0 aromatic heterocycles. The number of carbonyl (C=O) groups excluding carboxylic acids is 3. The molecule has 6 heteroatoms. The van der Waals surface area contributed by atoms with Crippen molar-refractivity contribution in [2.24, 2.45) is 0 Å². The summed E-state index contributed by atoms with van der Waals surface area (Å²) in [5, 5.41) is 2.45. The Hall–Kier alpha value is -3.28. The first-order valence-electron chi connectivity index (χ1n) is 8.46. The minimum atomic E-state index is -0.678. The summed E-state index contributed by atoms with van der Waals surface area (Å²) >= 11 is 0. The number of halogens is 1. The van der Waals surface area contributed by atoms with E-state index < -0.39 is 11.8 Å². The van der Waals surface area contributed by atoms with Gasteiger partial charge in [-0.2, -0.15) is 0 Å². The van der Waals surface area contributed by atoms with Crippen LogP contribution in [0.15, 0.2) is 60.3 Å². The van der Waals surface area contributed by atoms with E-state index in [-0.39, 0.29) is 30.4 Å². The van der Waals surface area contributed by atoms with Gasteiger partial charge in [-0.15, -0.1) is 0 Å². The molecule has 2 rings (SSSR count). The molecule has 0 atom stereocenters. The standard InChI is InChI=1S/C21H20FNO4/c1-15(24)23-19(14-16-6-3-2-4-7-16)21(26)27-13-5-8-20(25)17-9-11-18(22)12-10-17/h2-4,6-7,9-12,14H,5,8,13H2,1H3,(H,23,24). The van der Waals surface area contributed by atoms with Gasteiger partial charge in [0.15, 0.2) is 5.78 Å². The molecule has 0 unspecified atom stereocenters. The molecule has 140 valence electrons. The number of ether oxygens (including phenoxy) is 1. The largest absolute Gasteiger partial charge is 0.461 e. The number of carbonyl (C=O) groups is 3. The van der Waals surface area contributed by atoms with Crippen LogP contribution in [0.2, 0.25) is 0 Å². The van der Waals surface area contributed by atoms with E-state index in [1.165, 1.54) is 37.3 Å². The van der Waals surface area contributed by atoms with E-state index in [4.69, 9.17) is 4.74 Å². The van der Waals surface area contributed by atoms with E-state index in [1.54, 1.807) is 12.1 Å². The first kappa shape index (κ1) is 20.0. The van der Waals surface area contributed by atoms with Gasteiger partial charge in [-0.3, -0.25) is 9.59 Å². The predicted octanol–water partition coefficient (Wildman–Crippen LogP) is 3.51. The maximum Gasteiger partial charge on any atom is 0.354 e.